The normalized spacial score (nSPS) is 22.2. The standard InChI is InChI=1S/C20H26N2O5S/c1-13-10-14-15(11-20(2,3)12-17(14)26-13)21-19(23)16-6-7-18(27-16)28(24,25)22-8-4-5-9-22/h6-7,10,15H,4-5,8-9,11-12H2,1-3H3,(H,21,23). The molecule has 1 saturated heterocycles. The largest absolute Gasteiger partial charge is 0.466 e. The molecule has 0 radical (unpaired) electrons. The highest BCUT2D eigenvalue weighted by Crippen LogP contribution is 2.42. The van der Waals surface area contributed by atoms with Gasteiger partial charge in [0.2, 0.25) is 5.09 Å². The van der Waals surface area contributed by atoms with Crippen LogP contribution in [0.3, 0.4) is 0 Å². The van der Waals surface area contributed by atoms with Crippen LogP contribution < -0.4 is 5.32 Å². The highest BCUT2D eigenvalue weighted by molar-refractivity contribution is 7.89. The van der Waals surface area contributed by atoms with Crippen molar-refractivity contribution in [2.24, 2.45) is 5.41 Å². The van der Waals surface area contributed by atoms with Crippen molar-refractivity contribution in [3.05, 3.63) is 41.0 Å². The van der Waals surface area contributed by atoms with E-state index in [1.807, 2.05) is 13.0 Å². The molecule has 2 aliphatic rings. The van der Waals surface area contributed by atoms with Crippen LogP contribution >= 0.6 is 0 Å². The van der Waals surface area contributed by atoms with Gasteiger partial charge >= 0.3 is 0 Å². The lowest BCUT2D eigenvalue weighted by molar-refractivity contribution is 0.0883. The van der Waals surface area contributed by atoms with Gasteiger partial charge in [-0.25, -0.2) is 8.42 Å². The third kappa shape index (κ3) is 3.51. The molecule has 1 fully saturated rings. The minimum atomic E-state index is -3.68. The van der Waals surface area contributed by atoms with Gasteiger partial charge in [-0.2, -0.15) is 4.31 Å². The molecule has 4 rings (SSSR count). The van der Waals surface area contributed by atoms with Gasteiger partial charge in [0.25, 0.3) is 15.9 Å². The van der Waals surface area contributed by atoms with Crippen molar-refractivity contribution >= 4 is 15.9 Å². The van der Waals surface area contributed by atoms with Crippen molar-refractivity contribution in [3.63, 3.8) is 0 Å². The van der Waals surface area contributed by atoms with Gasteiger partial charge < -0.3 is 14.2 Å². The van der Waals surface area contributed by atoms with Gasteiger partial charge in [-0.15, -0.1) is 0 Å². The third-order valence-electron chi connectivity index (χ3n) is 5.51. The number of nitrogens with zero attached hydrogens (tertiary/aromatic N) is 1. The zero-order chi connectivity index (χ0) is 20.1. The summed E-state index contributed by atoms with van der Waals surface area (Å²) in [7, 11) is -3.68. The topological polar surface area (TPSA) is 92.8 Å². The first-order valence-corrected chi connectivity index (χ1v) is 11.1. The molecule has 8 heteroatoms. The van der Waals surface area contributed by atoms with Crippen LogP contribution in [0.2, 0.25) is 0 Å². The zero-order valence-corrected chi connectivity index (χ0v) is 17.3. The van der Waals surface area contributed by atoms with Gasteiger partial charge in [0.15, 0.2) is 5.76 Å². The Morgan fingerprint density at radius 3 is 2.64 bits per heavy atom. The molecule has 28 heavy (non-hydrogen) atoms. The smallest absolute Gasteiger partial charge is 0.287 e. The molecule has 2 aromatic heterocycles. The molecule has 7 nitrogen and oxygen atoms in total. The van der Waals surface area contributed by atoms with Crippen molar-refractivity contribution in [2.75, 3.05) is 13.1 Å². The Bertz CT molecular complexity index is 996. The summed E-state index contributed by atoms with van der Waals surface area (Å²) < 4.78 is 37.9. The van der Waals surface area contributed by atoms with Gasteiger partial charge in [-0.05, 0) is 49.8 Å². The lowest BCUT2D eigenvalue weighted by Crippen LogP contribution is -2.35. The van der Waals surface area contributed by atoms with Crippen LogP contribution in [0, 0.1) is 12.3 Å². The SMILES string of the molecule is Cc1cc2c(o1)CC(C)(C)CC2NC(=O)c1ccc(S(=O)(=O)N2CCCC2)o1. The lowest BCUT2D eigenvalue weighted by Gasteiger charge is -2.34. The number of nitrogens with one attached hydrogen (secondary N) is 1. The van der Waals surface area contributed by atoms with Gasteiger partial charge in [-0.3, -0.25) is 4.79 Å². The van der Waals surface area contributed by atoms with Crippen LogP contribution in [-0.2, 0) is 16.4 Å². The summed E-state index contributed by atoms with van der Waals surface area (Å²) >= 11 is 0. The summed E-state index contributed by atoms with van der Waals surface area (Å²) in [5.41, 5.74) is 0.976. The predicted octanol–water partition coefficient (Wildman–Crippen LogP) is 3.41. The van der Waals surface area contributed by atoms with E-state index in [0.717, 1.165) is 42.8 Å². The molecule has 1 aliphatic carbocycles. The van der Waals surface area contributed by atoms with Crippen molar-refractivity contribution in [2.45, 2.75) is 57.6 Å². The molecule has 1 amide bonds. The van der Waals surface area contributed by atoms with E-state index in [4.69, 9.17) is 8.83 Å². The van der Waals surface area contributed by atoms with Crippen LogP contribution in [0.15, 0.2) is 32.1 Å². The van der Waals surface area contributed by atoms with E-state index in [0.29, 0.717) is 13.1 Å². The molecule has 152 valence electrons. The van der Waals surface area contributed by atoms with E-state index < -0.39 is 15.9 Å². The monoisotopic (exact) mass is 406 g/mol. The van der Waals surface area contributed by atoms with Crippen LogP contribution in [0.4, 0.5) is 0 Å². The summed E-state index contributed by atoms with van der Waals surface area (Å²) in [6, 6.07) is 4.54. The molecule has 1 atom stereocenters. The number of sulfonamides is 1. The summed E-state index contributed by atoms with van der Waals surface area (Å²) in [6.07, 6.45) is 3.28. The molecule has 2 aromatic rings. The summed E-state index contributed by atoms with van der Waals surface area (Å²) in [4.78, 5) is 12.8. The average Bonchev–Trinajstić information content (AvgIpc) is 3.34. The number of furan rings is 2. The van der Waals surface area contributed by atoms with Crippen LogP contribution in [0.5, 0.6) is 0 Å². The molecule has 0 aromatic carbocycles. The molecule has 1 N–H and O–H groups in total. The number of fused-ring (bicyclic) bond motifs is 1. The van der Waals surface area contributed by atoms with Crippen LogP contribution in [0.1, 0.15) is 66.8 Å². The number of amides is 1. The first-order valence-electron chi connectivity index (χ1n) is 9.66. The van der Waals surface area contributed by atoms with Crippen LogP contribution in [0.25, 0.3) is 0 Å². The Kier molecular flexibility index (Phi) is 4.66. The fraction of sp³-hybridized carbons (Fsp3) is 0.550. The second-order valence-corrected chi connectivity index (χ2v) is 10.4. The van der Waals surface area contributed by atoms with Crippen LogP contribution in [-0.4, -0.2) is 31.7 Å². The number of rotatable bonds is 4. The first-order chi connectivity index (χ1) is 13.2. The fourth-order valence-corrected chi connectivity index (χ4v) is 5.61. The number of aryl methyl sites for hydroxylation is 1. The highest BCUT2D eigenvalue weighted by atomic mass is 32.2. The maximum atomic E-state index is 12.8. The minimum Gasteiger partial charge on any atom is -0.466 e. The molecule has 1 aliphatic heterocycles. The Labute approximate surface area is 165 Å². The zero-order valence-electron chi connectivity index (χ0n) is 16.4. The number of hydrogen-bond acceptors (Lipinski definition) is 5. The lowest BCUT2D eigenvalue weighted by atomic mass is 9.74. The first kappa shape index (κ1) is 19.3. The molecule has 0 saturated carbocycles. The Hall–Kier alpha value is -2.06. The highest BCUT2D eigenvalue weighted by Gasteiger charge is 2.36. The molecule has 0 bridgehead atoms. The van der Waals surface area contributed by atoms with Gasteiger partial charge in [0.05, 0.1) is 6.04 Å². The van der Waals surface area contributed by atoms with Gasteiger partial charge in [0.1, 0.15) is 11.5 Å². The summed E-state index contributed by atoms with van der Waals surface area (Å²) in [6.45, 7) is 7.15. The summed E-state index contributed by atoms with van der Waals surface area (Å²) in [5.74, 6) is 1.30. The van der Waals surface area contributed by atoms with E-state index >= 15 is 0 Å². The fourth-order valence-electron chi connectivity index (χ4n) is 4.18. The molecular weight excluding hydrogens is 380 g/mol. The number of carbonyl (C=O) groups is 1. The summed E-state index contributed by atoms with van der Waals surface area (Å²) in [5, 5.41) is 2.82. The molecule has 3 heterocycles. The molecule has 1 unspecified atom stereocenters. The van der Waals surface area contributed by atoms with E-state index in [2.05, 4.69) is 19.2 Å². The minimum absolute atomic E-state index is 0.00270. The van der Waals surface area contributed by atoms with Gasteiger partial charge in [-0.1, -0.05) is 13.8 Å². The number of hydrogen-bond donors (Lipinski definition) is 1. The van der Waals surface area contributed by atoms with Crippen molar-refractivity contribution in [3.8, 4) is 0 Å². The van der Waals surface area contributed by atoms with Crippen molar-refractivity contribution in [1.29, 1.82) is 0 Å². The van der Waals surface area contributed by atoms with Crippen molar-refractivity contribution < 1.29 is 22.0 Å². The quantitative estimate of drug-likeness (QED) is 0.840. The Balaban J connectivity index is 1.54. The van der Waals surface area contributed by atoms with Crippen molar-refractivity contribution in [1.82, 2.24) is 9.62 Å². The van der Waals surface area contributed by atoms with E-state index in [9.17, 15) is 13.2 Å². The van der Waals surface area contributed by atoms with E-state index in [1.54, 1.807) is 0 Å². The average molecular weight is 407 g/mol. The molecule has 0 spiro atoms. The Morgan fingerprint density at radius 2 is 1.93 bits per heavy atom. The third-order valence-corrected chi connectivity index (χ3v) is 7.28. The van der Waals surface area contributed by atoms with Gasteiger partial charge in [0, 0.05) is 25.1 Å². The predicted molar refractivity (Wildman–Crippen MR) is 102 cm³/mol. The van der Waals surface area contributed by atoms with E-state index in [1.165, 1.54) is 16.4 Å². The maximum absolute atomic E-state index is 12.8. The maximum Gasteiger partial charge on any atom is 0.287 e. The second kappa shape index (κ2) is 6.77. The second-order valence-electron chi connectivity index (χ2n) is 8.54. The van der Waals surface area contributed by atoms with E-state index in [-0.39, 0.29) is 22.3 Å². The Morgan fingerprint density at radius 1 is 1.21 bits per heavy atom. The molecular formula is C20H26N2O5S. The number of carbonyl (C=O) groups excluding carboxylic acids is 1.